The number of ether oxygens (including phenoxy) is 1. The lowest BCUT2D eigenvalue weighted by Gasteiger charge is -2.41. The molecule has 5 N–H and O–H groups in total. The van der Waals surface area contributed by atoms with Crippen molar-refractivity contribution in [3.63, 3.8) is 0 Å². The number of rotatable bonds is 16. The fourth-order valence-corrected chi connectivity index (χ4v) is 10.4. The van der Waals surface area contributed by atoms with Crippen LogP contribution in [0.25, 0.3) is 11.0 Å². The molecular weight excluding hydrogens is 869 g/mol. The third-order valence-corrected chi connectivity index (χ3v) is 14.1. The van der Waals surface area contributed by atoms with Crippen molar-refractivity contribution in [3.05, 3.63) is 82.7 Å². The molecule has 2 amide bonds. The number of piperidine rings is 2. The molecule has 0 aliphatic carbocycles. The molecule has 2 aromatic heterocycles. The van der Waals surface area contributed by atoms with E-state index in [1.807, 2.05) is 24.3 Å². The zero-order valence-electron chi connectivity index (χ0n) is 35.7. The zero-order valence-corrected chi connectivity index (χ0v) is 38.2. The first-order valence-corrected chi connectivity index (χ1v) is 24.8. The van der Waals surface area contributed by atoms with Crippen LogP contribution in [0.15, 0.2) is 71.6 Å². The summed E-state index contributed by atoms with van der Waals surface area (Å²) in [5, 5.41) is 17.3. The van der Waals surface area contributed by atoms with Crippen LogP contribution in [0.4, 0.5) is 34.5 Å². The smallest absolute Gasteiger partial charge is 0.234 e. The predicted octanol–water partition coefficient (Wildman–Crippen LogP) is 6.29. The number of carbonyl (C=O) groups excluding carboxylic acids is 2. The van der Waals surface area contributed by atoms with E-state index < -0.39 is 7.14 Å². The fraction of sp³-hybridized carbons (Fsp3) is 0.422. The number of nitrogens with one attached hydrogen (secondary N) is 5. The Morgan fingerprint density at radius 1 is 0.919 bits per heavy atom. The van der Waals surface area contributed by atoms with Crippen LogP contribution in [-0.4, -0.2) is 104 Å². The summed E-state index contributed by atoms with van der Waals surface area (Å²) < 4.78 is 20.1. The third kappa shape index (κ3) is 9.88. The molecule has 15 nitrogen and oxygen atoms in total. The lowest BCUT2D eigenvalue weighted by Crippen LogP contribution is -2.51. The minimum atomic E-state index is -2.76. The molecule has 1 atom stereocenters. The molecule has 8 rings (SSSR count). The van der Waals surface area contributed by atoms with Crippen molar-refractivity contribution < 1.29 is 18.9 Å². The van der Waals surface area contributed by atoms with Crippen LogP contribution in [0.2, 0.25) is 0 Å². The number of amides is 2. The second-order valence-electron chi connectivity index (χ2n) is 16.7. The van der Waals surface area contributed by atoms with Crippen LogP contribution in [0, 0.1) is 5.92 Å². The SMILES string of the molecule is CCc1cc(Nc2ncc(Br)c(Nc3ccc4nccnc4c3P(C)(C)=O)n2)c(OC)cc1N1CCC(NCCNCC2CN(c3ccc(C4CCC(=O)NC4=O)cc3)C2)CC1. The number of aryl methyl sites for hydroxylation is 1. The lowest BCUT2D eigenvalue weighted by atomic mass is 9.90. The van der Waals surface area contributed by atoms with E-state index in [0.29, 0.717) is 68.8 Å². The van der Waals surface area contributed by atoms with Crippen LogP contribution in [0.1, 0.15) is 49.7 Å². The summed E-state index contributed by atoms with van der Waals surface area (Å²) in [5.74, 6) is 1.59. The van der Waals surface area contributed by atoms with Crippen molar-refractivity contribution in [2.75, 3.05) is 86.7 Å². The number of imide groups is 1. The minimum absolute atomic E-state index is 0.182. The topological polar surface area (TPSA) is 179 Å². The van der Waals surface area contributed by atoms with Crippen molar-refractivity contribution in [2.45, 2.75) is 51.0 Å². The van der Waals surface area contributed by atoms with Crippen molar-refractivity contribution >= 4 is 85.7 Å². The highest BCUT2D eigenvalue weighted by molar-refractivity contribution is 9.10. The van der Waals surface area contributed by atoms with E-state index in [0.717, 1.165) is 76.3 Å². The Morgan fingerprint density at radius 2 is 1.69 bits per heavy atom. The molecule has 0 radical (unpaired) electrons. The van der Waals surface area contributed by atoms with Crippen LogP contribution >= 0.6 is 23.1 Å². The van der Waals surface area contributed by atoms with Gasteiger partial charge in [-0.1, -0.05) is 19.1 Å². The molecule has 3 saturated heterocycles. The van der Waals surface area contributed by atoms with Crippen LogP contribution < -0.4 is 46.4 Å². The van der Waals surface area contributed by atoms with E-state index in [9.17, 15) is 14.2 Å². The summed E-state index contributed by atoms with van der Waals surface area (Å²) in [5.41, 5.74) is 7.24. The number of nitrogens with zero attached hydrogens (tertiary/aromatic N) is 6. The molecule has 326 valence electrons. The maximum atomic E-state index is 13.5. The van der Waals surface area contributed by atoms with Gasteiger partial charge in [0.25, 0.3) is 0 Å². The highest BCUT2D eigenvalue weighted by Crippen LogP contribution is 2.42. The largest absolute Gasteiger partial charge is 0.494 e. The van der Waals surface area contributed by atoms with Gasteiger partial charge in [0.05, 0.1) is 39.7 Å². The van der Waals surface area contributed by atoms with Crippen molar-refractivity contribution in [3.8, 4) is 5.75 Å². The van der Waals surface area contributed by atoms with E-state index >= 15 is 0 Å². The number of aromatic nitrogens is 4. The number of anilines is 6. The molecule has 0 bridgehead atoms. The first-order valence-electron chi connectivity index (χ1n) is 21.4. The Kier molecular flexibility index (Phi) is 13.4. The Hall–Kier alpha value is -5.15. The number of hydrogen-bond donors (Lipinski definition) is 5. The molecule has 3 aliphatic heterocycles. The molecule has 17 heteroatoms. The van der Waals surface area contributed by atoms with Gasteiger partial charge < -0.3 is 40.4 Å². The minimum Gasteiger partial charge on any atom is -0.494 e. The number of hydrogen-bond acceptors (Lipinski definition) is 14. The molecule has 3 aromatic carbocycles. The predicted molar refractivity (Wildman–Crippen MR) is 251 cm³/mol. The molecule has 5 aromatic rings. The molecule has 62 heavy (non-hydrogen) atoms. The van der Waals surface area contributed by atoms with Crippen molar-refractivity contribution in [1.29, 1.82) is 0 Å². The number of methoxy groups -OCH3 is 1. The summed E-state index contributed by atoms with van der Waals surface area (Å²) in [4.78, 5) is 46.9. The quantitative estimate of drug-likeness (QED) is 0.0424. The Bertz CT molecular complexity index is 2470. The highest BCUT2D eigenvalue weighted by Gasteiger charge is 2.30. The van der Waals surface area contributed by atoms with Crippen molar-refractivity contribution in [1.82, 2.24) is 35.9 Å². The first kappa shape index (κ1) is 43.5. The third-order valence-electron chi connectivity index (χ3n) is 12.0. The molecule has 0 saturated carbocycles. The number of halogens is 1. The second kappa shape index (κ2) is 19.1. The molecule has 3 aliphatic rings. The van der Waals surface area contributed by atoms with Gasteiger partial charge in [-0.05, 0) is 96.4 Å². The van der Waals surface area contributed by atoms with Gasteiger partial charge in [0.1, 0.15) is 24.2 Å². The van der Waals surface area contributed by atoms with E-state index in [2.05, 4.69) is 98.5 Å². The second-order valence-corrected chi connectivity index (χ2v) is 20.7. The van der Waals surface area contributed by atoms with Gasteiger partial charge in [0.15, 0.2) is 0 Å². The van der Waals surface area contributed by atoms with Gasteiger partial charge in [-0.15, -0.1) is 0 Å². The van der Waals surface area contributed by atoms with Gasteiger partial charge in [0, 0.05) is 100 Å². The Morgan fingerprint density at radius 3 is 2.42 bits per heavy atom. The van der Waals surface area contributed by atoms with Gasteiger partial charge >= 0.3 is 0 Å². The summed E-state index contributed by atoms with van der Waals surface area (Å²) in [6.45, 7) is 12.4. The van der Waals surface area contributed by atoms with E-state index in [1.165, 1.54) is 16.9 Å². The number of fused-ring (bicyclic) bond motifs is 1. The maximum Gasteiger partial charge on any atom is 0.234 e. The monoisotopic (exact) mass is 923 g/mol. The Balaban J connectivity index is 0.803. The number of benzene rings is 3. The van der Waals surface area contributed by atoms with Crippen molar-refractivity contribution in [2.24, 2.45) is 5.92 Å². The molecule has 3 fully saturated rings. The summed E-state index contributed by atoms with van der Waals surface area (Å²) in [6.07, 6.45) is 8.86. The summed E-state index contributed by atoms with van der Waals surface area (Å²) in [6, 6.07) is 16.7. The van der Waals surface area contributed by atoms with Crippen LogP contribution in [0.5, 0.6) is 5.75 Å². The van der Waals surface area contributed by atoms with E-state index in [4.69, 9.17) is 9.72 Å². The average Bonchev–Trinajstić information content (AvgIpc) is 3.25. The number of carbonyl (C=O) groups is 2. The lowest BCUT2D eigenvalue weighted by molar-refractivity contribution is -0.134. The molecule has 1 unspecified atom stereocenters. The van der Waals surface area contributed by atoms with Gasteiger partial charge in [-0.25, -0.2) is 4.98 Å². The molecular formula is C45H55BrN11O4P. The van der Waals surface area contributed by atoms with E-state index in [1.54, 1.807) is 39.0 Å². The first-order chi connectivity index (χ1) is 30.0. The summed E-state index contributed by atoms with van der Waals surface area (Å²) in [7, 11) is -1.08. The maximum absolute atomic E-state index is 13.5. The zero-order chi connectivity index (χ0) is 43.4. The van der Waals surface area contributed by atoms with Crippen LogP contribution in [-0.2, 0) is 20.6 Å². The van der Waals surface area contributed by atoms with Gasteiger partial charge in [0.2, 0.25) is 17.8 Å². The Labute approximate surface area is 371 Å². The standard InChI is InChI=1S/C45H55BrN11O4P/c1-5-29-22-37(53-45-51-25-34(46)43(55-45)52-36-12-11-35-41(50-19-18-49-35)42(36)62(3,4)60)39(61-2)23-38(29)56-20-14-31(15-21-56)48-17-16-47-24-28-26-57(27-28)32-8-6-30(7-9-32)33-10-13-40(58)54-44(33)59/h6-9,11-12,18-19,22-23,25,28,31,33,47-48H,5,10,13-17,20-21,24,26-27H2,1-4H3,(H,54,58,59)(H2,51,52,53,55). The summed E-state index contributed by atoms with van der Waals surface area (Å²) >= 11 is 3.59. The molecule has 0 spiro atoms. The van der Waals surface area contributed by atoms with E-state index in [-0.39, 0.29) is 17.7 Å². The fourth-order valence-electron chi connectivity index (χ4n) is 8.72. The van der Waals surface area contributed by atoms with Gasteiger partial charge in [-0.2, -0.15) is 4.98 Å². The van der Waals surface area contributed by atoms with Gasteiger partial charge in [-0.3, -0.25) is 24.9 Å². The average molecular weight is 925 g/mol. The van der Waals surface area contributed by atoms with Crippen LogP contribution in [0.3, 0.4) is 0 Å². The highest BCUT2D eigenvalue weighted by atomic mass is 79.9. The normalized spacial score (nSPS) is 17.5. The molecule has 5 heterocycles.